The second-order valence-corrected chi connectivity index (χ2v) is 10.4. The Bertz CT molecular complexity index is 485. The molecule has 1 aliphatic carbocycles. The minimum absolute atomic E-state index is 0. The van der Waals surface area contributed by atoms with Crippen LogP contribution in [0.25, 0.3) is 0 Å². The van der Waals surface area contributed by atoms with Crippen LogP contribution in [0.15, 0.2) is 51.1 Å². The van der Waals surface area contributed by atoms with Gasteiger partial charge in [-0.3, -0.25) is 0 Å². The molecule has 2 rings (SSSR count). The van der Waals surface area contributed by atoms with Gasteiger partial charge in [-0.2, -0.15) is 0 Å². The van der Waals surface area contributed by atoms with Crippen LogP contribution in [0.2, 0.25) is 12.6 Å². The van der Waals surface area contributed by atoms with E-state index in [0.717, 1.165) is 6.42 Å². The van der Waals surface area contributed by atoms with E-state index in [-0.39, 0.29) is 37.2 Å². The van der Waals surface area contributed by atoms with E-state index in [1.54, 1.807) is 19.8 Å². The van der Waals surface area contributed by atoms with E-state index in [0.29, 0.717) is 0 Å². The van der Waals surface area contributed by atoms with Gasteiger partial charge in [0.15, 0.2) is 0 Å². The zero-order valence-electron chi connectivity index (χ0n) is 12.0. The Morgan fingerprint density at radius 2 is 1.65 bits per heavy atom. The molecular weight excluding hydrogens is 362 g/mol. The average molecular weight is 382 g/mol. The van der Waals surface area contributed by atoms with Crippen molar-refractivity contribution in [2.75, 3.05) is 0 Å². The SMILES string of the molecule is CC[Si](C)(C1=CC[C]([Ti+3])=C1C)c1ccccc1.[Cl-].[Cl-].[Cl-]. The number of hydrogen-bond donors (Lipinski definition) is 0. The standard InChI is InChI=1S/C15H19Si.3ClH.Ti/c1-4-16(3,14-10-6-5-7-11-14)15-12-8-9-13(15)2;;;;/h5-7,10-12H,4,8H2,1-3H3;3*1H;/q;;;;+3/p-3. The molecule has 1 aromatic carbocycles. The quantitative estimate of drug-likeness (QED) is 0.459. The Morgan fingerprint density at radius 1 is 1.10 bits per heavy atom. The monoisotopic (exact) mass is 380 g/mol. The fourth-order valence-electron chi connectivity index (χ4n) is 2.67. The van der Waals surface area contributed by atoms with Crippen molar-refractivity contribution in [1.82, 2.24) is 0 Å². The Morgan fingerprint density at radius 3 is 2.05 bits per heavy atom. The minimum Gasteiger partial charge on any atom is -1.00 e. The van der Waals surface area contributed by atoms with Crippen LogP contribution < -0.4 is 42.4 Å². The Hall–Kier alpha value is 0.501. The van der Waals surface area contributed by atoms with Crippen molar-refractivity contribution in [2.45, 2.75) is 32.9 Å². The van der Waals surface area contributed by atoms with Crippen LogP contribution in [-0.4, -0.2) is 8.07 Å². The first-order valence-corrected chi connectivity index (χ1v) is 9.76. The van der Waals surface area contributed by atoms with Crippen LogP contribution in [0.4, 0.5) is 0 Å². The van der Waals surface area contributed by atoms with Crippen molar-refractivity contribution in [3.8, 4) is 0 Å². The maximum atomic E-state index is 2.51. The molecule has 0 heterocycles. The van der Waals surface area contributed by atoms with E-state index < -0.39 is 8.07 Å². The molecule has 0 bridgehead atoms. The topological polar surface area (TPSA) is 0 Å². The van der Waals surface area contributed by atoms with E-state index in [1.165, 1.54) is 6.04 Å². The molecule has 1 aliphatic rings. The molecule has 0 radical (unpaired) electrons. The van der Waals surface area contributed by atoms with Crippen molar-refractivity contribution >= 4 is 13.3 Å². The number of halogens is 3. The van der Waals surface area contributed by atoms with Crippen molar-refractivity contribution in [3.05, 3.63) is 51.1 Å². The maximum Gasteiger partial charge on any atom is -1.00 e. The van der Waals surface area contributed by atoms with Gasteiger partial charge in [0.1, 0.15) is 0 Å². The van der Waals surface area contributed by atoms with Gasteiger partial charge in [-0.25, -0.2) is 0 Å². The molecule has 0 aromatic heterocycles. The van der Waals surface area contributed by atoms with Crippen LogP contribution in [0, 0.1) is 0 Å². The fraction of sp³-hybridized carbons (Fsp3) is 0.333. The Labute approximate surface area is 154 Å². The zero-order valence-corrected chi connectivity index (χ0v) is 16.8. The number of benzene rings is 1. The van der Waals surface area contributed by atoms with Crippen molar-refractivity contribution in [2.24, 2.45) is 0 Å². The van der Waals surface area contributed by atoms with Crippen LogP contribution in [0.1, 0.15) is 20.3 Å². The molecule has 1 atom stereocenters. The van der Waals surface area contributed by atoms with E-state index >= 15 is 0 Å². The number of rotatable bonds is 3. The van der Waals surface area contributed by atoms with E-state index in [4.69, 9.17) is 0 Å². The molecule has 0 aliphatic heterocycles. The van der Waals surface area contributed by atoms with Crippen molar-refractivity contribution in [3.63, 3.8) is 0 Å². The predicted molar refractivity (Wildman–Crippen MR) is 73.6 cm³/mol. The molecule has 1 aromatic rings. The van der Waals surface area contributed by atoms with E-state index in [1.807, 2.05) is 0 Å². The third-order valence-electron chi connectivity index (χ3n) is 4.08. The number of allylic oxidation sites excluding steroid dienone is 4. The molecule has 0 saturated heterocycles. The first kappa shape index (κ1) is 22.8. The normalized spacial score (nSPS) is 16.4. The zero-order chi connectivity index (χ0) is 12.5. The van der Waals surface area contributed by atoms with Crippen molar-refractivity contribution in [1.29, 1.82) is 0 Å². The van der Waals surface area contributed by atoms with Gasteiger partial charge < -0.3 is 37.2 Å². The summed E-state index contributed by atoms with van der Waals surface area (Å²) in [6.07, 6.45) is 3.64. The Kier molecular flexibility index (Phi) is 10.8. The molecule has 0 amide bonds. The molecule has 0 fully saturated rings. The van der Waals surface area contributed by atoms with Gasteiger partial charge in [0, 0.05) is 0 Å². The molecular formula is C15H19Cl3SiTi. The summed E-state index contributed by atoms with van der Waals surface area (Å²) in [4.78, 5) is 0. The van der Waals surface area contributed by atoms with Crippen LogP contribution in [0.3, 0.4) is 0 Å². The molecule has 0 spiro atoms. The summed E-state index contributed by atoms with van der Waals surface area (Å²) in [6, 6.07) is 12.4. The van der Waals surface area contributed by atoms with Crippen molar-refractivity contribution < 1.29 is 57.7 Å². The van der Waals surface area contributed by atoms with Gasteiger partial charge >= 0.3 is 118 Å². The summed E-state index contributed by atoms with van der Waals surface area (Å²) >= 11 is 2.27. The summed E-state index contributed by atoms with van der Waals surface area (Å²) in [5, 5.41) is 3.24. The molecule has 5 heteroatoms. The van der Waals surface area contributed by atoms with Gasteiger partial charge in [-0.1, -0.05) is 0 Å². The summed E-state index contributed by atoms with van der Waals surface area (Å²) < 4.78 is 1.56. The van der Waals surface area contributed by atoms with Crippen LogP contribution >= 0.6 is 0 Å². The first-order valence-electron chi connectivity index (χ1n) is 6.27. The minimum atomic E-state index is -1.47. The molecule has 0 N–H and O–H groups in total. The third-order valence-corrected chi connectivity index (χ3v) is 9.77. The maximum absolute atomic E-state index is 2.51. The van der Waals surface area contributed by atoms with E-state index in [2.05, 4.69) is 77.2 Å². The summed E-state index contributed by atoms with van der Waals surface area (Å²) in [5.41, 5.74) is 1.56. The molecule has 0 nitrogen and oxygen atoms in total. The number of hydrogen-bond acceptors (Lipinski definition) is 0. The Balaban J connectivity index is 0. The van der Waals surface area contributed by atoms with Gasteiger partial charge in [0.25, 0.3) is 0 Å². The van der Waals surface area contributed by atoms with Gasteiger partial charge in [-0.05, 0) is 0 Å². The fourth-order valence-corrected chi connectivity index (χ4v) is 6.79. The smallest absolute Gasteiger partial charge is 1.00 e. The summed E-state index contributed by atoms with van der Waals surface area (Å²) in [6.45, 7) is 7.16. The van der Waals surface area contributed by atoms with Crippen LogP contribution in [0.5, 0.6) is 0 Å². The van der Waals surface area contributed by atoms with E-state index in [9.17, 15) is 0 Å². The van der Waals surface area contributed by atoms with Crippen LogP contribution in [-0.2, 0) is 20.4 Å². The molecule has 0 saturated carbocycles. The third kappa shape index (κ3) is 4.25. The first-order chi connectivity index (χ1) is 8.09. The largest absolute Gasteiger partial charge is 1.00 e. The molecule has 108 valence electrons. The second-order valence-electron chi connectivity index (χ2n) is 4.98. The molecule has 1 unspecified atom stereocenters. The summed E-state index contributed by atoms with van der Waals surface area (Å²) in [7, 11) is -1.47. The second kappa shape index (κ2) is 9.50. The summed E-state index contributed by atoms with van der Waals surface area (Å²) in [5.74, 6) is 0. The van der Waals surface area contributed by atoms with Gasteiger partial charge in [0.05, 0.1) is 0 Å². The predicted octanol–water partition coefficient (Wildman–Crippen LogP) is -5.31. The molecule has 20 heavy (non-hydrogen) atoms. The van der Waals surface area contributed by atoms with Gasteiger partial charge in [0.2, 0.25) is 0 Å². The van der Waals surface area contributed by atoms with Gasteiger partial charge in [-0.15, -0.1) is 0 Å². The average Bonchev–Trinajstić information content (AvgIpc) is 2.71.